The van der Waals surface area contributed by atoms with Gasteiger partial charge in [-0.25, -0.2) is 4.98 Å². The number of rotatable bonds is 3. The topological polar surface area (TPSA) is 22.1 Å². The van der Waals surface area contributed by atoms with Crippen LogP contribution in [0, 0.1) is 5.92 Å². The van der Waals surface area contributed by atoms with Crippen molar-refractivity contribution in [2.24, 2.45) is 5.92 Å². The fourth-order valence-corrected chi connectivity index (χ4v) is 3.04. The molecule has 17 heavy (non-hydrogen) atoms. The molecule has 0 radical (unpaired) electrons. The first-order chi connectivity index (χ1) is 8.19. The third kappa shape index (κ3) is 3.59. The van der Waals surface area contributed by atoms with E-state index < -0.39 is 0 Å². The van der Waals surface area contributed by atoms with Crippen molar-refractivity contribution in [3.8, 4) is 5.88 Å². The van der Waals surface area contributed by atoms with Crippen LogP contribution in [0.25, 0.3) is 0 Å². The Bertz CT molecular complexity index is 386. The second-order valence-corrected chi connectivity index (χ2v) is 5.94. The van der Waals surface area contributed by atoms with E-state index in [4.69, 9.17) is 16.3 Å². The quantitative estimate of drug-likeness (QED) is 0.795. The third-order valence-electron chi connectivity index (χ3n) is 3.36. The lowest BCUT2D eigenvalue weighted by Gasteiger charge is -2.28. The lowest BCUT2D eigenvalue weighted by atomic mass is 9.85. The number of ether oxygens (including phenoxy) is 1. The van der Waals surface area contributed by atoms with Crippen molar-refractivity contribution in [2.75, 3.05) is 0 Å². The maximum absolute atomic E-state index is 6.10. The molecule has 1 aromatic heterocycles. The van der Waals surface area contributed by atoms with Crippen molar-refractivity contribution in [1.82, 2.24) is 4.98 Å². The summed E-state index contributed by atoms with van der Waals surface area (Å²) in [5.74, 6) is 1.36. The highest BCUT2D eigenvalue weighted by Crippen LogP contribution is 2.32. The van der Waals surface area contributed by atoms with Crippen LogP contribution in [0.1, 0.15) is 39.0 Å². The molecule has 2 nitrogen and oxygen atoms in total. The fraction of sp³-hybridized carbons (Fsp3) is 0.615. The number of pyridine rings is 1. The van der Waals surface area contributed by atoms with E-state index in [9.17, 15) is 0 Å². The van der Waals surface area contributed by atoms with Crippen LogP contribution in [0.4, 0.5) is 0 Å². The van der Waals surface area contributed by atoms with Gasteiger partial charge in [-0.1, -0.05) is 31.4 Å². The molecule has 1 fully saturated rings. The molecule has 2 rings (SSSR count). The van der Waals surface area contributed by atoms with Crippen molar-refractivity contribution in [2.45, 2.75) is 45.1 Å². The molecule has 1 aliphatic rings. The van der Waals surface area contributed by atoms with Gasteiger partial charge in [0.15, 0.2) is 0 Å². The molecule has 2 unspecified atom stereocenters. The van der Waals surface area contributed by atoms with E-state index in [1.54, 1.807) is 6.20 Å². The standard InChI is InChI=1S/C13H17BrClNO/c1-2-9-4-3-5-11(6-9)17-13-12(15)7-10(14)8-16-13/h7-9,11H,2-6H2,1H3. The SMILES string of the molecule is CCC1CCCC(Oc2ncc(Br)cc2Cl)C1. The molecule has 0 amide bonds. The minimum atomic E-state index is 0.278. The maximum Gasteiger partial charge on any atom is 0.232 e. The first kappa shape index (κ1) is 13.2. The minimum absolute atomic E-state index is 0.278. The summed E-state index contributed by atoms with van der Waals surface area (Å²) < 4.78 is 6.79. The summed E-state index contributed by atoms with van der Waals surface area (Å²) in [4.78, 5) is 4.22. The van der Waals surface area contributed by atoms with Crippen molar-refractivity contribution >= 4 is 27.5 Å². The van der Waals surface area contributed by atoms with E-state index in [1.807, 2.05) is 6.07 Å². The molecule has 0 spiro atoms. The number of hydrogen-bond donors (Lipinski definition) is 0. The number of nitrogens with zero attached hydrogens (tertiary/aromatic N) is 1. The predicted octanol–water partition coefficient (Wildman–Crippen LogP) is 4.85. The lowest BCUT2D eigenvalue weighted by Crippen LogP contribution is -2.25. The monoisotopic (exact) mass is 317 g/mol. The predicted molar refractivity (Wildman–Crippen MR) is 73.6 cm³/mol. The van der Waals surface area contributed by atoms with E-state index >= 15 is 0 Å². The van der Waals surface area contributed by atoms with Crippen molar-refractivity contribution in [3.63, 3.8) is 0 Å². The van der Waals surface area contributed by atoms with Gasteiger partial charge in [0.25, 0.3) is 0 Å². The Labute approximate surface area is 116 Å². The van der Waals surface area contributed by atoms with Gasteiger partial charge < -0.3 is 4.74 Å². The van der Waals surface area contributed by atoms with Gasteiger partial charge in [0.1, 0.15) is 11.1 Å². The van der Waals surface area contributed by atoms with Gasteiger partial charge in [0.05, 0.1) is 0 Å². The molecule has 0 saturated heterocycles. The highest BCUT2D eigenvalue weighted by atomic mass is 79.9. The van der Waals surface area contributed by atoms with E-state index in [0.717, 1.165) is 23.2 Å². The smallest absolute Gasteiger partial charge is 0.232 e. The Kier molecular flexibility index (Phi) is 4.69. The van der Waals surface area contributed by atoms with Gasteiger partial charge in [-0.05, 0) is 47.2 Å². The molecule has 1 aromatic rings. The maximum atomic E-state index is 6.10. The molecule has 0 aromatic carbocycles. The first-order valence-corrected chi connectivity index (χ1v) is 7.33. The summed E-state index contributed by atoms with van der Waals surface area (Å²) in [6.45, 7) is 2.25. The van der Waals surface area contributed by atoms with Gasteiger partial charge >= 0.3 is 0 Å². The molecule has 0 aliphatic heterocycles. The Morgan fingerprint density at radius 1 is 1.53 bits per heavy atom. The summed E-state index contributed by atoms with van der Waals surface area (Å²) in [5.41, 5.74) is 0. The van der Waals surface area contributed by atoms with Gasteiger partial charge in [0.2, 0.25) is 5.88 Å². The molecule has 2 atom stereocenters. The summed E-state index contributed by atoms with van der Waals surface area (Å²) in [5, 5.41) is 0.581. The number of aromatic nitrogens is 1. The summed E-state index contributed by atoms with van der Waals surface area (Å²) in [7, 11) is 0. The van der Waals surface area contributed by atoms with Crippen LogP contribution in [0.2, 0.25) is 5.02 Å². The van der Waals surface area contributed by atoms with Gasteiger partial charge in [-0.3, -0.25) is 0 Å². The highest BCUT2D eigenvalue weighted by Gasteiger charge is 2.23. The molecular formula is C13H17BrClNO. The zero-order valence-electron chi connectivity index (χ0n) is 9.96. The Morgan fingerprint density at radius 2 is 2.35 bits per heavy atom. The van der Waals surface area contributed by atoms with Crippen LogP contribution in [0.15, 0.2) is 16.7 Å². The molecule has 1 heterocycles. The largest absolute Gasteiger partial charge is 0.473 e. The highest BCUT2D eigenvalue weighted by molar-refractivity contribution is 9.10. The van der Waals surface area contributed by atoms with Crippen molar-refractivity contribution in [3.05, 3.63) is 21.8 Å². The normalized spacial score (nSPS) is 24.6. The van der Waals surface area contributed by atoms with Crippen LogP contribution < -0.4 is 4.74 Å². The van der Waals surface area contributed by atoms with Crippen LogP contribution in [-0.4, -0.2) is 11.1 Å². The van der Waals surface area contributed by atoms with Crippen LogP contribution in [0.5, 0.6) is 5.88 Å². The number of halogens is 2. The Balaban J connectivity index is 2.00. The van der Waals surface area contributed by atoms with Crippen molar-refractivity contribution < 1.29 is 4.74 Å². The molecule has 0 N–H and O–H groups in total. The summed E-state index contributed by atoms with van der Waals surface area (Å²) in [6.07, 6.45) is 8.06. The van der Waals surface area contributed by atoms with Crippen LogP contribution in [-0.2, 0) is 0 Å². The van der Waals surface area contributed by atoms with Gasteiger partial charge in [0, 0.05) is 10.7 Å². The lowest BCUT2D eigenvalue weighted by molar-refractivity contribution is 0.117. The average molecular weight is 319 g/mol. The molecule has 94 valence electrons. The Hall–Kier alpha value is -0.280. The van der Waals surface area contributed by atoms with Crippen molar-refractivity contribution in [1.29, 1.82) is 0 Å². The molecule has 1 aliphatic carbocycles. The second-order valence-electron chi connectivity index (χ2n) is 4.62. The molecule has 1 saturated carbocycles. The van der Waals surface area contributed by atoms with E-state index in [0.29, 0.717) is 10.9 Å². The summed E-state index contributed by atoms with van der Waals surface area (Å²) in [6, 6.07) is 1.82. The molecule has 4 heteroatoms. The third-order valence-corrected chi connectivity index (χ3v) is 4.07. The zero-order valence-corrected chi connectivity index (χ0v) is 12.3. The van der Waals surface area contributed by atoms with E-state index in [2.05, 4.69) is 27.8 Å². The summed E-state index contributed by atoms with van der Waals surface area (Å²) >= 11 is 9.44. The number of hydrogen-bond acceptors (Lipinski definition) is 2. The average Bonchev–Trinajstić information content (AvgIpc) is 2.33. The van der Waals surface area contributed by atoms with Gasteiger partial charge in [-0.15, -0.1) is 0 Å². The van der Waals surface area contributed by atoms with E-state index in [1.165, 1.54) is 19.3 Å². The Morgan fingerprint density at radius 3 is 3.06 bits per heavy atom. The fourth-order valence-electron chi connectivity index (χ4n) is 2.37. The van der Waals surface area contributed by atoms with Crippen LogP contribution >= 0.6 is 27.5 Å². The van der Waals surface area contributed by atoms with Gasteiger partial charge in [-0.2, -0.15) is 0 Å². The van der Waals surface area contributed by atoms with E-state index in [-0.39, 0.29) is 6.10 Å². The molecular weight excluding hydrogens is 302 g/mol. The first-order valence-electron chi connectivity index (χ1n) is 6.16. The minimum Gasteiger partial charge on any atom is -0.473 e. The zero-order chi connectivity index (χ0) is 12.3. The second kappa shape index (κ2) is 6.05. The van der Waals surface area contributed by atoms with Crippen LogP contribution in [0.3, 0.4) is 0 Å². The molecule has 0 bridgehead atoms.